The van der Waals surface area contributed by atoms with Crippen molar-refractivity contribution in [2.45, 2.75) is 10.8 Å². The lowest BCUT2D eigenvalue weighted by Crippen LogP contribution is -2.11. The number of rotatable bonds is 6. The normalized spacial score (nSPS) is 12.2. The molecule has 0 bridgehead atoms. The van der Waals surface area contributed by atoms with Crippen LogP contribution in [0.2, 0.25) is 4.34 Å². The van der Waals surface area contributed by atoms with E-state index in [1.165, 1.54) is 17.4 Å². The van der Waals surface area contributed by atoms with Gasteiger partial charge in [-0.15, -0.1) is 11.3 Å². The van der Waals surface area contributed by atoms with Gasteiger partial charge in [-0.1, -0.05) is 29.8 Å². The standard InChI is InChI=1S/C19H15ClN4O3S2/c20-15-7-8-16(28-15)29(27)23-19-17-13(5-2-6-14(17)25)24(22-19)10-11-3-1-4-12(9-11)18(21)26/h1-9,25H,10H2,(H2,21,26)(H,22,23). The molecule has 0 spiro atoms. The first-order chi connectivity index (χ1) is 13.9. The highest BCUT2D eigenvalue weighted by Gasteiger charge is 2.18. The van der Waals surface area contributed by atoms with E-state index in [4.69, 9.17) is 17.3 Å². The highest BCUT2D eigenvalue weighted by Crippen LogP contribution is 2.33. The van der Waals surface area contributed by atoms with E-state index in [0.29, 0.717) is 31.6 Å². The van der Waals surface area contributed by atoms with E-state index in [0.717, 1.165) is 5.56 Å². The number of nitrogens with one attached hydrogen (secondary N) is 1. The Morgan fingerprint density at radius 2 is 2.03 bits per heavy atom. The maximum absolute atomic E-state index is 12.6. The molecule has 4 rings (SSSR count). The number of anilines is 1. The van der Waals surface area contributed by atoms with E-state index in [2.05, 4.69) is 9.82 Å². The summed E-state index contributed by atoms with van der Waals surface area (Å²) in [6.07, 6.45) is 0. The largest absolute Gasteiger partial charge is 0.507 e. The van der Waals surface area contributed by atoms with Crippen molar-refractivity contribution in [3.8, 4) is 5.75 Å². The molecule has 0 aliphatic heterocycles. The van der Waals surface area contributed by atoms with Crippen molar-refractivity contribution in [2.75, 3.05) is 4.72 Å². The van der Waals surface area contributed by atoms with Crippen LogP contribution in [0.15, 0.2) is 58.8 Å². The van der Waals surface area contributed by atoms with Crippen molar-refractivity contribution in [2.24, 2.45) is 5.73 Å². The van der Waals surface area contributed by atoms with Gasteiger partial charge >= 0.3 is 0 Å². The predicted octanol–water partition coefficient (Wildman–Crippen LogP) is 3.74. The number of amides is 1. The Labute approximate surface area is 177 Å². The molecule has 0 saturated carbocycles. The number of carbonyl (C=O) groups excluding carboxylic acids is 1. The molecule has 0 aliphatic carbocycles. The molecule has 29 heavy (non-hydrogen) atoms. The number of benzene rings is 2. The molecule has 1 atom stereocenters. The van der Waals surface area contributed by atoms with Gasteiger partial charge in [0.15, 0.2) is 16.8 Å². The first kappa shape index (κ1) is 19.4. The first-order valence-corrected chi connectivity index (χ1v) is 10.8. The van der Waals surface area contributed by atoms with Crippen LogP contribution < -0.4 is 10.5 Å². The van der Waals surface area contributed by atoms with Crippen molar-refractivity contribution in [3.63, 3.8) is 0 Å². The molecule has 1 amide bonds. The number of nitrogens with two attached hydrogens (primary N) is 1. The van der Waals surface area contributed by atoms with Gasteiger partial charge in [-0.2, -0.15) is 5.10 Å². The third-order valence-electron chi connectivity index (χ3n) is 4.22. The summed E-state index contributed by atoms with van der Waals surface area (Å²) in [5.74, 6) is -0.211. The molecule has 4 aromatic rings. The van der Waals surface area contributed by atoms with Gasteiger partial charge in [0.05, 0.1) is 21.8 Å². The Balaban J connectivity index is 1.72. The number of primary amides is 1. The molecule has 0 radical (unpaired) electrons. The number of hydrogen-bond acceptors (Lipinski definition) is 5. The minimum absolute atomic E-state index is 0.0170. The molecule has 148 valence electrons. The fourth-order valence-electron chi connectivity index (χ4n) is 2.93. The van der Waals surface area contributed by atoms with E-state index in [1.807, 2.05) is 6.07 Å². The van der Waals surface area contributed by atoms with Crippen molar-refractivity contribution in [1.29, 1.82) is 0 Å². The van der Waals surface area contributed by atoms with Crippen LogP contribution in [0.25, 0.3) is 10.9 Å². The van der Waals surface area contributed by atoms with E-state index >= 15 is 0 Å². The summed E-state index contributed by atoms with van der Waals surface area (Å²) in [7, 11) is -1.58. The lowest BCUT2D eigenvalue weighted by molar-refractivity contribution is 0.1000. The molecule has 0 saturated heterocycles. The summed E-state index contributed by atoms with van der Waals surface area (Å²) >= 11 is 7.12. The van der Waals surface area contributed by atoms with Gasteiger partial charge in [0.25, 0.3) is 0 Å². The van der Waals surface area contributed by atoms with E-state index in [9.17, 15) is 14.1 Å². The lowest BCUT2D eigenvalue weighted by atomic mass is 10.1. The average Bonchev–Trinajstić information content (AvgIpc) is 3.27. The summed E-state index contributed by atoms with van der Waals surface area (Å²) in [4.78, 5) is 11.4. The minimum Gasteiger partial charge on any atom is -0.507 e. The maximum atomic E-state index is 12.6. The number of nitrogens with zero attached hydrogens (tertiary/aromatic N) is 2. The van der Waals surface area contributed by atoms with Crippen LogP contribution in [0.4, 0.5) is 5.82 Å². The highest BCUT2D eigenvalue weighted by molar-refractivity contribution is 7.88. The molecule has 4 N–H and O–H groups in total. The third-order valence-corrected chi connectivity index (χ3v) is 6.83. The van der Waals surface area contributed by atoms with Gasteiger partial charge in [-0.25, -0.2) is 4.21 Å². The fraction of sp³-hybridized carbons (Fsp3) is 0.0526. The van der Waals surface area contributed by atoms with Crippen LogP contribution in [0.5, 0.6) is 5.75 Å². The van der Waals surface area contributed by atoms with Gasteiger partial charge in [0, 0.05) is 5.56 Å². The Bertz CT molecular complexity index is 1250. The molecule has 0 fully saturated rings. The van der Waals surface area contributed by atoms with Gasteiger partial charge in [-0.05, 0) is 42.0 Å². The van der Waals surface area contributed by atoms with Crippen LogP contribution in [-0.4, -0.2) is 25.0 Å². The summed E-state index contributed by atoms with van der Waals surface area (Å²) < 4.78 is 18.2. The minimum atomic E-state index is -1.58. The van der Waals surface area contributed by atoms with Gasteiger partial charge < -0.3 is 10.8 Å². The van der Waals surface area contributed by atoms with Crippen molar-refractivity contribution < 1.29 is 14.1 Å². The van der Waals surface area contributed by atoms with Crippen molar-refractivity contribution in [3.05, 3.63) is 70.1 Å². The van der Waals surface area contributed by atoms with Crippen LogP contribution in [0.3, 0.4) is 0 Å². The molecular weight excluding hydrogens is 432 g/mol. The van der Waals surface area contributed by atoms with Crippen molar-refractivity contribution in [1.82, 2.24) is 9.78 Å². The number of fused-ring (bicyclic) bond motifs is 1. The fourth-order valence-corrected chi connectivity index (χ4v) is 5.16. The summed E-state index contributed by atoms with van der Waals surface area (Å²) in [6, 6.07) is 15.3. The Morgan fingerprint density at radius 1 is 1.24 bits per heavy atom. The molecule has 7 nitrogen and oxygen atoms in total. The molecule has 2 heterocycles. The SMILES string of the molecule is NC(=O)c1cccc(Cn2nc(NS(=O)c3ccc(Cl)s3)c3c(O)cccc32)c1. The smallest absolute Gasteiger partial charge is 0.248 e. The van der Waals surface area contributed by atoms with E-state index in [1.54, 1.807) is 47.1 Å². The van der Waals surface area contributed by atoms with Gasteiger partial charge in [0.1, 0.15) is 9.96 Å². The Hall–Kier alpha value is -2.88. The first-order valence-electron chi connectivity index (χ1n) is 8.43. The molecule has 2 aromatic heterocycles. The van der Waals surface area contributed by atoms with Crippen molar-refractivity contribution >= 4 is 56.6 Å². The third kappa shape index (κ3) is 3.98. The van der Waals surface area contributed by atoms with Crippen LogP contribution in [0, 0.1) is 0 Å². The van der Waals surface area contributed by atoms with Gasteiger partial charge in [0.2, 0.25) is 5.91 Å². The average molecular weight is 447 g/mol. The monoisotopic (exact) mass is 446 g/mol. The second-order valence-electron chi connectivity index (χ2n) is 6.17. The molecular formula is C19H15ClN4O3S2. The summed E-state index contributed by atoms with van der Waals surface area (Å²) in [5.41, 5.74) is 7.22. The Kier molecular flexibility index (Phi) is 5.27. The zero-order valence-corrected chi connectivity index (χ0v) is 17.2. The van der Waals surface area contributed by atoms with Gasteiger partial charge in [-0.3, -0.25) is 14.2 Å². The zero-order valence-electron chi connectivity index (χ0n) is 14.8. The topological polar surface area (TPSA) is 110 Å². The maximum Gasteiger partial charge on any atom is 0.248 e. The quantitative estimate of drug-likeness (QED) is 0.419. The van der Waals surface area contributed by atoms with E-state index < -0.39 is 16.9 Å². The van der Waals surface area contributed by atoms with E-state index in [-0.39, 0.29) is 11.6 Å². The number of aromatic nitrogens is 2. The number of thiophene rings is 1. The second kappa shape index (κ2) is 7.86. The lowest BCUT2D eigenvalue weighted by Gasteiger charge is -2.05. The molecule has 1 unspecified atom stereocenters. The predicted molar refractivity (Wildman–Crippen MR) is 115 cm³/mol. The number of aromatic hydroxyl groups is 1. The second-order valence-corrected chi connectivity index (χ2v) is 9.33. The number of hydrogen-bond donors (Lipinski definition) is 3. The van der Waals surface area contributed by atoms with Crippen LogP contribution >= 0.6 is 22.9 Å². The van der Waals surface area contributed by atoms with Crippen LogP contribution in [0.1, 0.15) is 15.9 Å². The Morgan fingerprint density at radius 3 is 2.76 bits per heavy atom. The zero-order chi connectivity index (χ0) is 20.5. The highest BCUT2D eigenvalue weighted by atomic mass is 35.5. The number of carbonyl (C=O) groups is 1. The van der Waals surface area contributed by atoms with Crippen LogP contribution in [-0.2, 0) is 17.5 Å². The number of halogens is 1. The number of phenolic OH excluding ortho intramolecular Hbond substituents is 1. The summed E-state index contributed by atoms with van der Waals surface area (Å²) in [5, 5.41) is 15.3. The number of phenols is 1. The molecule has 2 aromatic carbocycles. The molecule has 10 heteroatoms. The molecule has 0 aliphatic rings. The summed E-state index contributed by atoms with van der Waals surface area (Å²) in [6.45, 7) is 0.334.